The molecule has 0 spiro atoms. The lowest BCUT2D eigenvalue weighted by atomic mass is 10.0. The number of alkyl halides is 3. The van der Waals surface area contributed by atoms with E-state index in [0.29, 0.717) is 5.69 Å². The molecule has 1 amide bonds. The van der Waals surface area contributed by atoms with E-state index in [4.69, 9.17) is 11.6 Å². The van der Waals surface area contributed by atoms with Crippen molar-refractivity contribution in [2.75, 3.05) is 10.6 Å². The summed E-state index contributed by atoms with van der Waals surface area (Å²) < 4.78 is 39.4. The summed E-state index contributed by atoms with van der Waals surface area (Å²) >= 11 is 5.63. The maximum absolute atomic E-state index is 13.1. The third-order valence-corrected chi connectivity index (χ3v) is 4.17. The minimum atomic E-state index is -4.65. The zero-order valence-corrected chi connectivity index (χ0v) is 16.1. The van der Waals surface area contributed by atoms with Crippen LogP contribution in [0.1, 0.15) is 22.3 Å². The molecule has 0 atom stereocenters. The van der Waals surface area contributed by atoms with Crippen molar-refractivity contribution in [1.82, 2.24) is 0 Å². The van der Waals surface area contributed by atoms with Crippen LogP contribution in [-0.4, -0.2) is 5.91 Å². The van der Waals surface area contributed by atoms with Gasteiger partial charge in [-0.15, -0.1) is 0 Å². The van der Waals surface area contributed by atoms with Crippen LogP contribution < -0.4 is 10.6 Å². The van der Waals surface area contributed by atoms with Crippen LogP contribution >= 0.6 is 11.6 Å². The zero-order chi connectivity index (χ0) is 21.1. The first-order valence-electron chi connectivity index (χ1n) is 8.15. The summed E-state index contributed by atoms with van der Waals surface area (Å²) in [6.07, 6.45) is -3.71. The van der Waals surface area contributed by atoms with E-state index in [0.717, 1.165) is 35.0 Å². The largest absolute Gasteiger partial charge is 0.418 e. The number of nitrogens with zero attached hydrogens (tertiary/aromatic N) is 1. The summed E-state index contributed by atoms with van der Waals surface area (Å²) in [7, 11) is 0. The van der Waals surface area contributed by atoms with Crippen molar-refractivity contribution in [2.24, 2.45) is 0 Å². The van der Waals surface area contributed by atoms with E-state index in [1.165, 1.54) is 6.07 Å². The van der Waals surface area contributed by atoms with Gasteiger partial charge in [0.05, 0.1) is 11.3 Å². The molecule has 146 valence electrons. The van der Waals surface area contributed by atoms with E-state index >= 15 is 0 Å². The van der Waals surface area contributed by atoms with Gasteiger partial charge in [0.15, 0.2) is 0 Å². The molecule has 0 radical (unpaired) electrons. The fourth-order valence-corrected chi connectivity index (χ4v) is 2.91. The fraction of sp³-hybridized carbons (Fsp3) is 0.200. The average molecular weight is 408 g/mol. The van der Waals surface area contributed by atoms with Crippen molar-refractivity contribution in [3.05, 3.63) is 69.4 Å². The van der Waals surface area contributed by atoms with Gasteiger partial charge in [-0.05, 0) is 50.1 Å². The number of hydrogen-bond donors (Lipinski definition) is 2. The second-order valence-electron chi connectivity index (χ2n) is 6.23. The van der Waals surface area contributed by atoms with Gasteiger partial charge in [0.25, 0.3) is 5.91 Å². The van der Waals surface area contributed by atoms with Crippen molar-refractivity contribution in [3.8, 4) is 6.07 Å². The number of hydrogen-bond acceptors (Lipinski definition) is 3. The molecule has 0 fully saturated rings. The van der Waals surface area contributed by atoms with Crippen molar-refractivity contribution in [2.45, 2.75) is 26.9 Å². The molecule has 28 heavy (non-hydrogen) atoms. The molecule has 8 heteroatoms. The quantitative estimate of drug-likeness (QED) is 0.501. The number of halogens is 4. The number of carbonyl (C=O) groups is 1. The maximum Gasteiger partial charge on any atom is 0.418 e. The normalized spacial score (nSPS) is 11.7. The Morgan fingerprint density at radius 3 is 2.29 bits per heavy atom. The number of carbonyl (C=O) groups excluding carboxylic acids is 1. The predicted molar refractivity (Wildman–Crippen MR) is 103 cm³/mol. The highest BCUT2D eigenvalue weighted by Crippen LogP contribution is 2.36. The summed E-state index contributed by atoms with van der Waals surface area (Å²) in [5.41, 5.74) is 1.51. The summed E-state index contributed by atoms with van der Waals surface area (Å²) in [6.45, 7) is 5.54. The van der Waals surface area contributed by atoms with E-state index in [1.807, 2.05) is 32.9 Å². The standard InChI is InChI=1S/C20H17ClF3N3O/c1-11-6-12(2)18(13(3)7-11)27-19(28)14(9-25)10-26-17-5-4-15(21)8-16(17)20(22,23)24/h4-8,10,26H,1-3H3,(H,27,28)/b14-10-. The molecule has 0 bridgehead atoms. The number of aryl methyl sites for hydroxylation is 3. The molecule has 0 aliphatic carbocycles. The number of rotatable bonds is 4. The van der Waals surface area contributed by atoms with Crippen molar-refractivity contribution in [3.63, 3.8) is 0 Å². The Morgan fingerprint density at radius 2 is 1.75 bits per heavy atom. The highest BCUT2D eigenvalue weighted by molar-refractivity contribution is 6.30. The Bertz CT molecular complexity index is 968. The summed E-state index contributed by atoms with van der Waals surface area (Å²) in [4.78, 5) is 12.4. The Labute approximate surface area is 165 Å². The predicted octanol–water partition coefficient (Wildman–Crippen LogP) is 5.74. The van der Waals surface area contributed by atoms with Crippen LogP contribution in [0, 0.1) is 32.1 Å². The molecule has 0 saturated heterocycles. The third kappa shape index (κ3) is 5.05. The van der Waals surface area contributed by atoms with Gasteiger partial charge in [-0.3, -0.25) is 4.79 Å². The first-order chi connectivity index (χ1) is 13.0. The fourth-order valence-electron chi connectivity index (χ4n) is 2.73. The van der Waals surface area contributed by atoms with Gasteiger partial charge < -0.3 is 10.6 Å². The molecule has 2 aromatic rings. The SMILES string of the molecule is Cc1cc(C)c(NC(=O)/C(C#N)=C\Nc2ccc(Cl)cc2C(F)(F)F)c(C)c1. The second-order valence-corrected chi connectivity index (χ2v) is 6.67. The lowest BCUT2D eigenvalue weighted by molar-refractivity contribution is -0.136. The van der Waals surface area contributed by atoms with Crippen LogP contribution in [-0.2, 0) is 11.0 Å². The maximum atomic E-state index is 13.1. The Balaban J connectivity index is 2.29. The van der Waals surface area contributed by atoms with E-state index < -0.39 is 17.6 Å². The molecule has 0 aliphatic heterocycles. The molecular formula is C20H17ClF3N3O. The summed E-state index contributed by atoms with van der Waals surface area (Å²) in [5.74, 6) is -0.729. The van der Waals surface area contributed by atoms with Gasteiger partial charge in [0, 0.05) is 16.9 Å². The molecule has 0 unspecified atom stereocenters. The van der Waals surface area contributed by atoms with Gasteiger partial charge in [0.2, 0.25) is 0 Å². The lowest BCUT2D eigenvalue weighted by Gasteiger charge is -2.14. The number of nitriles is 1. The monoisotopic (exact) mass is 407 g/mol. The smallest absolute Gasteiger partial charge is 0.360 e. The van der Waals surface area contributed by atoms with Crippen molar-refractivity contribution in [1.29, 1.82) is 5.26 Å². The number of nitrogens with one attached hydrogen (secondary N) is 2. The molecule has 2 rings (SSSR count). The zero-order valence-electron chi connectivity index (χ0n) is 15.3. The van der Waals surface area contributed by atoms with Gasteiger partial charge >= 0.3 is 6.18 Å². The number of benzene rings is 2. The first kappa shape index (κ1) is 21.3. The number of amides is 1. The summed E-state index contributed by atoms with van der Waals surface area (Å²) in [5, 5.41) is 14.2. The lowest BCUT2D eigenvalue weighted by Crippen LogP contribution is -2.16. The van der Waals surface area contributed by atoms with E-state index in [1.54, 1.807) is 6.07 Å². The second kappa shape index (κ2) is 8.36. The van der Waals surface area contributed by atoms with Crippen LogP contribution in [0.15, 0.2) is 42.1 Å². The summed E-state index contributed by atoms with van der Waals surface area (Å²) in [6, 6.07) is 8.61. The van der Waals surface area contributed by atoms with Crippen molar-refractivity contribution < 1.29 is 18.0 Å². The Hall–Kier alpha value is -2.98. The molecular weight excluding hydrogens is 391 g/mol. The minimum Gasteiger partial charge on any atom is -0.360 e. The average Bonchev–Trinajstić information content (AvgIpc) is 2.58. The molecule has 2 N–H and O–H groups in total. The van der Waals surface area contributed by atoms with Crippen LogP contribution in [0.3, 0.4) is 0 Å². The topological polar surface area (TPSA) is 64.9 Å². The third-order valence-electron chi connectivity index (χ3n) is 3.94. The van der Waals surface area contributed by atoms with Gasteiger partial charge in [-0.2, -0.15) is 18.4 Å². The molecule has 0 heterocycles. The van der Waals surface area contributed by atoms with E-state index in [9.17, 15) is 23.2 Å². The van der Waals surface area contributed by atoms with Crippen LogP contribution in [0.5, 0.6) is 0 Å². The molecule has 2 aromatic carbocycles. The highest BCUT2D eigenvalue weighted by Gasteiger charge is 2.33. The van der Waals surface area contributed by atoms with E-state index in [2.05, 4.69) is 10.6 Å². The highest BCUT2D eigenvalue weighted by atomic mass is 35.5. The van der Waals surface area contributed by atoms with Crippen LogP contribution in [0.2, 0.25) is 5.02 Å². The van der Waals surface area contributed by atoms with Crippen LogP contribution in [0.25, 0.3) is 0 Å². The Kier molecular flexibility index (Phi) is 6.37. The molecule has 4 nitrogen and oxygen atoms in total. The number of anilines is 2. The molecule has 0 aromatic heterocycles. The molecule has 0 saturated carbocycles. The minimum absolute atomic E-state index is 0.0783. The van der Waals surface area contributed by atoms with Crippen molar-refractivity contribution >= 4 is 28.9 Å². The van der Waals surface area contributed by atoms with Gasteiger partial charge in [0.1, 0.15) is 11.6 Å². The Morgan fingerprint density at radius 1 is 1.14 bits per heavy atom. The van der Waals surface area contributed by atoms with E-state index in [-0.39, 0.29) is 16.3 Å². The van der Waals surface area contributed by atoms with Crippen LogP contribution in [0.4, 0.5) is 24.5 Å². The first-order valence-corrected chi connectivity index (χ1v) is 8.53. The van der Waals surface area contributed by atoms with Gasteiger partial charge in [-0.25, -0.2) is 0 Å². The van der Waals surface area contributed by atoms with Gasteiger partial charge in [-0.1, -0.05) is 29.3 Å². The molecule has 0 aliphatic rings.